The van der Waals surface area contributed by atoms with E-state index in [2.05, 4.69) is 30.5 Å². The van der Waals surface area contributed by atoms with Crippen molar-refractivity contribution in [3.63, 3.8) is 0 Å². The van der Waals surface area contributed by atoms with E-state index in [1.165, 1.54) is 5.56 Å². The molecule has 3 aromatic rings. The number of para-hydroxylation sites is 2. The summed E-state index contributed by atoms with van der Waals surface area (Å²) in [6.07, 6.45) is 2.70. The highest BCUT2D eigenvalue weighted by molar-refractivity contribution is 6.08. The quantitative estimate of drug-likeness (QED) is 0.417. The molecule has 0 saturated carbocycles. The topological polar surface area (TPSA) is 64.4 Å². The minimum atomic E-state index is -0.950. The first-order valence-corrected chi connectivity index (χ1v) is 11.1. The molecule has 6 heteroatoms. The molecule has 162 valence electrons. The van der Waals surface area contributed by atoms with E-state index in [1.807, 2.05) is 36.4 Å². The van der Waals surface area contributed by atoms with Crippen molar-refractivity contribution in [3.8, 4) is 0 Å². The van der Waals surface area contributed by atoms with Gasteiger partial charge in [0.05, 0.1) is 23.7 Å². The van der Waals surface area contributed by atoms with E-state index in [0.29, 0.717) is 12.5 Å². The average Bonchev–Trinajstić information content (AvgIpc) is 3.17. The van der Waals surface area contributed by atoms with Gasteiger partial charge in [0, 0.05) is 6.54 Å². The Morgan fingerprint density at radius 1 is 1.06 bits per heavy atom. The van der Waals surface area contributed by atoms with Gasteiger partial charge in [0.25, 0.3) is 0 Å². The molecule has 0 N–H and O–H groups in total. The largest absolute Gasteiger partial charge is 0.465 e. The molecule has 0 radical (unpaired) electrons. The molecule has 0 spiro atoms. The maximum absolute atomic E-state index is 13.7. The van der Waals surface area contributed by atoms with Crippen LogP contribution in [0.15, 0.2) is 48.5 Å². The van der Waals surface area contributed by atoms with Crippen LogP contribution in [0.3, 0.4) is 0 Å². The molecule has 1 aromatic heterocycles. The normalized spacial score (nSPS) is 18.3. The van der Waals surface area contributed by atoms with Crippen molar-refractivity contribution in [2.24, 2.45) is 5.92 Å². The van der Waals surface area contributed by atoms with Gasteiger partial charge in [0.1, 0.15) is 0 Å². The van der Waals surface area contributed by atoms with Gasteiger partial charge in [-0.25, -0.2) is 4.98 Å². The van der Waals surface area contributed by atoms with E-state index < -0.39 is 17.9 Å². The number of amides is 1. The zero-order valence-electron chi connectivity index (χ0n) is 18.4. The van der Waals surface area contributed by atoms with E-state index >= 15 is 0 Å². The number of ether oxygens (including phenoxy) is 1. The fraction of sp³-hybridized carbons (Fsp3) is 0.400. The summed E-state index contributed by atoms with van der Waals surface area (Å²) in [4.78, 5) is 33.2. The van der Waals surface area contributed by atoms with E-state index in [-0.39, 0.29) is 12.5 Å². The lowest BCUT2D eigenvalue weighted by Gasteiger charge is -2.38. The van der Waals surface area contributed by atoms with Crippen LogP contribution >= 0.6 is 0 Å². The maximum atomic E-state index is 13.7. The van der Waals surface area contributed by atoms with E-state index in [9.17, 15) is 9.59 Å². The number of benzene rings is 2. The van der Waals surface area contributed by atoms with Crippen molar-refractivity contribution in [3.05, 3.63) is 59.7 Å². The fourth-order valence-corrected chi connectivity index (χ4v) is 4.33. The molecule has 0 fully saturated rings. The summed E-state index contributed by atoms with van der Waals surface area (Å²) in [6.45, 7) is 6.71. The SMILES string of the molecule is CCCCN1C(=O)C(C(=O)OCC)C(c2ccc(CC)cc2)n2c1nc1ccccc12. The number of nitrogens with zero attached hydrogens (tertiary/aromatic N) is 3. The third kappa shape index (κ3) is 3.71. The standard InChI is InChI=1S/C25H29N3O3/c1-4-7-16-27-23(29)21(24(30)31-6-3)22(18-14-12-17(5-2)13-15-18)28-20-11-9-8-10-19(20)26-25(27)28/h8-15,21-22H,4-7,16H2,1-3H3. The molecule has 0 saturated heterocycles. The average molecular weight is 420 g/mol. The Balaban J connectivity index is 1.95. The summed E-state index contributed by atoms with van der Waals surface area (Å²) in [5, 5.41) is 0. The lowest BCUT2D eigenvalue weighted by Crippen LogP contribution is -2.50. The number of hydrogen-bond donors (Lipinski definition) is 0. The Hall–Kier alpha value is -3.15. The Labute approximate surface area is 182 Å². The highest BCUT2D eigenvalue weighted by Crippen LogP contribution is 2.41. The van der Waals surface area contributed by atoms with Gasteiger partial charge >= 0.3 is 5.97 Å². The number of carbonyl (C=O) groups is 2. The molecule has 2 aromatic carbocycles. The number of esters is 1. The summed E-state index contributed by atoms with van der Waals surface area (Å²) in [5.41, 5.74) is 3.83. The molecule has 6 nitrogen and oxygen atoms in total. The lowest BCUT2D eigenvalue weighted by molar-refractivity contribution is -0.153. The molecular weight excluding hydrogens is 390 g/mol. The Bertz CT molecular complexity index is 1090. The number of aromatic nitrogens is 2. The number of rotatable bonds is 7. The van der Waals surface area contributed by atoms with Crippen LogP contribution in [0.2, 0.25) is 0 Å². The second kappa shape index (κ2) is 8.92. The second-order valence-electron chi connectivity index (χ2n) is 7.88. The summed E-state index contributed by atoms with van der Waals surface area (Å²) >= 11 is 0. The van der Waals surface area contributed by atoms with Gasteiger partial charge in [-0.05, 0) is 43.0 Å². The molecule has 0 aliphatic carbocycles. The molecular formula is C25H29N3O3. The van der Waals surface area contributed by atoms with Crippen LogP contribution < -0.4 is 4.90 Å². The summed E-state index contributed by atoms with van der Waals surface area (Å²) in [5.74, 6) is -1.07. The van der Waals surface area contributed by atoms with Crippen LogP contribution in [0.25, 0.3) is 11.0 Å². The molecule has 1 aliphatic heterocycles. The molecule has 2 unspecified atom stereocenters. The lowest BCUT2D eigenvalue weighted by atomic mass is 9.88. The molecule has 0 bridgehead atoms. The van der Waals surface area contributed by atoms with Crippen molar-refractivity contribution in [2.75, 3.05) is 18.1 Å². The maximum Gasteiger partial charge on any atom is 0.321 e. The van der Waals surface area contributed by atoms with Gasteiger partial charge in [-0.15, -0.1) is 0 Å². The Kier molecular flexibility index (Phi) is 6.07. The van der Waals surface area contributed by atoms with Gasteiger partial charge in [-0.1, -0.05) is 56.7 Å². The number of carbonyl (C=O) groups excluding carboxylic acids is 2. The molecule has 4 rings (SSSR count). The molecule has 1 amide bonds. The number of unbranched alkanes of at least 4 members (excludes halogenated alkanes) is 1. The Morgan fingerprint density at radius 3 is 2.48 bits per heavy atom. The highest BCUT2D eigenvalue weighted by Gasteiger charge is 2.47. The zero-order chi connectivity index (χ0) is 22.0. The van der Waals surface area contributed by atoms with Gasteiger partial charge in [-0.2, -0.15) is 0 Å². The summed E-state index contributed by atoms with van der Waals surface area (Å²) in [7, 11) is 0. The van der Waals surface area contributed by atoms with Gasteiger partial charge < -0.3 is 9.30 Å². The minimum absolute atomic E-state index is 0.233. The molecule has 2 heterocycles. The third-order valence-corrected chi connectivity index (χ3v) is 5.95. The van der Waals surface area contributed by atoms with E-state index in [1.54, 1.807) is 11.8 Å². The van der Waals surface area contributed by atoms with Crippen molar-refractivity contribution in [1.29, 1.82) is 0 Å². The monoisotopic (exact) mass is 419 g/mol. The second-order valence-corrected chi connectivity index (χ2v) is 7.88. The predicted molar refractivity (Wildman–Crippen MR) is 121 cm³/mol. The van der Waals surface area contributed by atoms with Crippen molar-refractivity contribution in [2.45, 2.75) is 46.1 Å². The van der Waals surface area contributed by atoms with Crippen molar-refractivity contribution >= 4 is 28.9 Å². The number of fused-ring (bicyclic) bond motifs is 3. The first-order chi connectivity index (χ1) is 15.1. The number of aryl methyl sites for hydroxylation is 1. The van der Waals surface area contributed by atoms with Crippen LogP contribution in [0, 0.1) is 5.92 Å². The summed E-state index contributed by atoms with van der Waals surface area (Å²) in [6, 6.07) is 15.5. The smallest absolute Gasteiger partial charge is 0.321 e. The molecule has 2 atom stereocenters. The van der Waals surface area contributed by atoms with Crippen LogP contribution in [-0.4, -0.2) is 34.6 Å². The van der Waals surface area contributed by atoms with Gasteiger partial charge in [-0.3, -0.25) is 14.5 Å². The van der Waals surface area contributed by atoms with Crippen LogP contribution in [0.5, 0.6) is 0 Å². The van der Waals surface area contributed by atoms with Crippen LogP contribution in [-0.2, 0) is 20.7 Å². The number of imidazole rings is 1. The number of hydrogen-bond acceptors (Lipinski definition) is 4. The van der Waals surface area contributed by atoms with E-state index in [4.69, 9.17) is 9.72 Å². The van der Waals surface area contributed by atoms with Gasteiger partial charge in [0.2, 0.25) is 11.9 Å². The van der Waals surface area contributed by atoms with Crippen molar-refractivity contribution in [1.82, 2.24) is 9.55 Å². The van der Waals surface area contributed by atoms with Gasteiger partial charge in [0.15, 0.2) is 5.92 Å². The minimum Gasteiger partial charge on any atom is -0.465 e. The molecule has 31 heavy (non-hydrogen) atoms. The predicted octanol–water partition coefficient (Wildman–Crippen LogP) is 4.51. The Morgan fingerprint density at radius 2 is 1.81 bits per heavy atom. The highest BCUT2D eigenvalue weighted by atomic mass is 16.5. The zero-order valence-corrected chi connectivity index (χ0v) is 18.4. The first kappa shape index (κ1) is 21.1. The first-order valence-electron chi connectivity index (χ1n) is 11.1. The third-order valence-electron chi connectivity index (χ3n) is 5.95. The number of anilines is 1. The summed E-state index contributed by atoms with van der Waals surface area (Å²) < 4.78 is 7.44. The van der Waals surface area contributed by atoms with E-state index in [0.717, 1.165) is 35.9 Å². The molecule has 1 aliphatic rings. The van der Waals surface area contributed by atoms with Crippen molar-refractivity contribution < 1.29 is 14.3 Å². The van der Waals surface area contributed by atoms with Crippen LogP contribution in [0.4, 0.5) is 5.95 Å². The van der Waals surface area contributed by atoms with Crippen LogP contribution in [0.1, 0.15) is 50.8 Å². The fourth-order valence-electron chi connectivity index (χ4n) is 4.33.